The third-order valence-electron chi connectivity index (χ3n) is 2.46. The number of benzene rings is 1. The van der Waals surface area contributed by atoms with E-state index in [9.17, 15) is 12.8 Å². The molecule has 0 amide bonds. The molecule has 6 nitrogen and oxygen atoms in total. The van der Waals surface area contributed by atoms with Crippen LogP contribution in [0.25, 0.3) is 0 Å². The van der Waals surface area contributed by atoms with Crippen LogP contribution in [-0.2, 0) is 10.0 Å². The molecular formula is C12H9FN4O2S. The van der Waals surface area contributed by atoms with Crippen LogP contribution in [-0.4, -0.2) is 13.4 Å². The Kier molecular flexibility index (Phi) is 3.54. The summed E-state index contributed by atoms with van der Waals surface area (Å²) in [5.74, 6) is -0.998. The lowest BCUT2D eigenvalue weighted by Gasteiger charge is -2.10. The van der Waals surface area contributed by atoms with Crippen molar-refractivity contribution in [2.24, 2.45) is 0 Å². The molecule has 1 aromatic heterocycles. The number of halogens is 1. The Morgan fingerprint density at radius 2 is 2.05 bits per heavy atom. The van der Waals surface area contributed by atoms with E-state index in [-0.39, 0.29) is 16.4 Å². The first-order chi connectivity index (χ1) is 9.45. The summed E-state index contributed by atoms with van der Waals surface area (Å²) in [6.45, 7) is 0. The first-order valence-corrected chi connectivity index (χ1v) is 6.86. The third-order valence-corrected chi connectivity index (χ3v) is 3.87. The zero-order valence-corrected chi connectivity index (χ0v) is 10.9. The minimum absolute atomic E-state index is 0.157. The number of hydrogen-bond donors (Lipinski definition) is 2. The molecule has 0 aliphatic carbocycles. The number of nitrogens with one attached hydrogen (secondary N) is 1. The highest BCUT2D eigenvalue weighted by molar-refractivity contribution is 7.92. The van der Waals surface area contributed by atoms with Crippen LogP contribution >= 0.6 is 0 Å². The van der Waals surface area contributed by atoms with Crippen molar-refractivity contribution in [3.05, 3.63) is 47.9 Å². The quantitative estimate of drug-likeness (QED) is 0.890. The first-order valence-electron chi connectivity index (χ1n) is 5.37. The Hall–Kier alpha value is -2.66. The number of nitrogens with two attached hydrogens (primary N) is 1. The van der Waals surface area contributed by atoms with Crippen molar-refractivity contribution in [3.63, 3.8) is 0 Å². The molecule has 0 atom stereocenters. The van der Waals surface area contributed by atoms with Crippen LogP contribution in [0.4, 0.5) is 15.9 Å². The van der Waals surface area contributed by atoms with Gasteiger partial charge in [-0.2, -0.15) is 5.26 Å². The molecule has 1 heterocycles. The average molecular weight is 292 g/mol. The number of hydrogen-bond acceptors (Lipinski definition) is 5. The summed E-state index contributed by atoms with van der Waals surface area (Å²) in [7, 11) is -4.05. The molecule has 1 aromatic carbocycles. The number of nitrogen functional groups attached to an aromatic ring is 1. The fraction of sp³-hybridized carbons (Fsp3) is 0. The topological polar surface area (TPSA) is 109 Å². The van der Waals surface area contributed by atoms with Gasteiger partial charge in [0, 0.05) is 6.20 Å². The highest BCUT2D eigenvalue weighted by Gasteiger charge is 2.20. The SMILES string of the molecule is N#Cc1c(F)cccc1NS(=O)(=O)c1cccnc1N. The normalized spacial score (nSPS) is 10.8. The van der Waals surface area contributed by atoms with Crippen molar-refractivity contribution in [1.29, 1.82) is 5.26 Å². The lowest BCUT2D eigenvalue weighted by molar-refractivity contribution is 0.601. The van der Waals surface area contributed by atoms with E-state index in [2.05, 4.69) is 9.71 Å². The van der Waals surface area contributed by atoms with Gasteiger partial charge in [-0.05, 0) is 24.3 Å². The Balaban J connectivity index is 2.48. The second-order valence-electron chi connectivity index (χ2n) is 3.77. The molecule has 8 heteroatoms. The van der Waals surface area contributed by atoms with Crippen molar-refractivity contribution in [2.45, 2.75) is 4.90 Å². The zero-order valence-electron chi connectivity index (χ0n) is 10.0. The fourth-order valence-corrected chi connectivity index (χ4v) is 2.71. The maximum absolute atomic E-state index is 13.4. The maximum Gasteiger partial charge on any atom is 0.265 e. The van der Waals surface area contributed by atoms with Gasteiger partial charge in [-0.3, -0.25) is 4.72 Å². The number of anilines is 2. The van der Waals surface area contributed by atoms with E-state index in [1.807, 2.05) is 0 Å². The number of nitriles is 1. The van der Waals surface area contributed by atoms with E-state index in [1.165, 1.54) is 30.5 Å². The maximum atomic E-state index is 13.4. The van der Waals surface area contributed by atoms with Gasteiger partial charge in [-0.1, -0.05) is 6.07 Å². The molecule has 0 aliphatic heterocycles. The molecular weight excluding hydrogens is 283 g/mol. The molecule has 0 spiro atoms. The lowest BCUT2D eigenvalue weighted by atomic mass is 10.2. The smallest absolute Gasteiger partial charge is 0.265 e. The van der Waals surface area contributed by atoms with Gasteiger partial charge in [0.05, 0.1) is 5.69 Å². The Morgan fingerprint density at radius 3 is 2.70 bits per heavy atom. The van der Waals surface area contributed by atoms with E-state index < -0.39 is 21.4 Å². The molecule has 2 aromatic rings. The molecule has 0 radical (unpaired) electrons. The highest BCUT2D eigenvalue weighted by atomic mass is 32.2. The summed E-state index contributed by atoms with van der Waals surface area (Å²) in [4.78, 5) is 3.42. The van der Waals surface area contributed by atoms with Crippen molar-refractivity contribution in [3.8, 4) is 6.07 Å². The molecule has 3 N–H and O–H groups in total. The number of pyridine rings is 1. The minimum atomic E-state index is -4.05. The van der Waals surface area contributed by atoms with Gasteiger partial charge in [-0.15, -0.1) is 0 Å². The molecule has 0 fully saturated rings. The average Bonchev–Trinajstić information content (AvgIpc) is 2.39. The summed E-state index contributed by atoms with van der Waals surface area (Å²) in [5.41, 5.74) is 4.94. The van der Waals surface area contributed by atoms with Crippen LogP contribution in [0.3, 0.4) is 0 Å². The Morgan fingerprint density at radius 1 is 1.30 bits per heavy atom. The number of aromatic nitrogens is 1. The van der Waals surface area contributed by atoms with Gasteiger partial charge in [0.15, 0.2) is 0 Å². The second-order valence-corrected chi connectivity index (χ2v) is 5.42. The van der Waals surface area contributed by atoms with Crippen molar-refractivity contribution in [2.75, 3.05) is 10.5 Å². The summed E-state index contributed by atoms with van der Waals surface area (Å²) in [5, 5.41) is 8.86. The zero-order chi connectivity index (χ0) is 14.8. The van der Waals surface area contributed by atoms with Crippen LogP contribution in [0.1, 0.15) is 5.56 Å². The molecule has 2 rings (SSSR count). The molecule has 102 valence electrons. The molecule has 0 unspecified atom stereocenters. The minimum Gasteiger partial charge on any atom is -0.383 e. The summed E-state index contributed by atoms with van der Waals surface area (Å²) in [6, 6.07) is 7.91. The predicted octanol–water partition coefficient (Wildman–Crippen LogP) is 1.48. The lowest BCUT2D eigenvalue weighted by Crippen LogP contribution is -2.16. The van der Waals surface area contributed by atoms with E-state index in [0.717, 1.165) is 6.07 Å². The van der Waals surface area contributed by atoms with Crippen molar-refractivity contribution < 1.29 is 12.8 Å². The fourth-order valence-electron chi connectivity index (χ4n) is 1.55. The third kappa shape index (κ3) is 2.53. The number of sulfonamides is 1. The molecule has 0 saturated heterocycles. The van der Waals surface area contributed by atoms with Crippen LogP contribution in [0.2, 0.25) is 0 Å². The van der Waals surface area contributed by atoms with Gasteiger partial charge in [0.2, 0.25) is 0 Å². The van der Waals surface area contributed by atoms with Gasteiger partial charge in [0.25, 0.3) is 10.0 Å². The van der Waals surface area contributed by atoms with Gasteiger partial charge < -0.3 is 5.73 Å². The molecule has 0 saturated carbocycles. The molecule has 0 bridgehead atoms. The van der Waals surface area contributed by atoms with Crippen molar-refractivity contribution in [1.82, 2.24) is 4.98 Å². The Labute approximate surface area is 114 Å². The molecule has 20 heavy (non-hydrogen) atoms. The van der Waals surface area contributed by atoms with Crippen LogP contribution < -0.4 is 10.5 Å². The van der Waals surface area contributed by atoms with Crippen LogP contribution in [0.5, 0.6) is 0 Å². The van der Waals surface area contributed by atoms with Gasteiger partial charge >= 0.3 is 0 Å². The standard InChI is InChI=1S/C12H9FN4O2S/c13-9-3-1-4-10(8(9)7-14)17-20(18,19)11-5-2-6-16-12(11)15/h1-6,17H,(H2,15,16). The predicted molar refractivity (Wildman–Crippen MR) is 70.6 cm³/mol. The summed E-state index contributed by atoms with van der Waals surface area (Å²) < 4.78 is 39.8. The highest BCUT2D eigenvalue weighted by Crippen LogP contribution is 2.23. The van der Waals surface area contributed by atoms with Crippen LogP contribution in [0.15, 0.2) is 41.4 Å². The van der Waals surface area contributed by atoms with E-state index >= 15 is 0 Å². The van der Waals surface area contributed by atoms with E-state index in [0.29, 0.717) is 0 Å². The monoisotopic (exact) mass is 292 g/mol. The Bertz CT molecular complexity index is 799. The van der Waals surface area contributed by atoms with E-state index in [4.69, 9.17) is 11.0 Å². The van der Waals surface area contributed by atoms with Crippen molar-refractivity contribution >= 4 is 21.5 Å². The summed E-state index contributed by atoms with van der Waals surface area (Å²) in [6.07, 6.45) is 1.34. The first kappa shape index (κ1) is 13.8. The van der Waals surface area contributed by atoms with E-state index in [1.54, 1.807) is 6.07 Å². The number of nitrogens with zero attached hydrogens (tertiary/aromatic N) is 2. The van der Waals surface area contributed by atoms with Gasteiger partial charge in [0.1, 0.15) is 28.2 Å². The summed E-state index contributed by atoms with van der Waals surface area (Å²) >= 11 is 0. The number of rotatable bonds is 3. The largest absolute Gasteiger partial charge is 0.383 e. The van der Waals surface area contributed by atoms with Gasteiger partial charge in [-0.25, -0.2) is 17.8 Å². The molecule has 0 aliphatic rings. The van der Waals surface area contributed by atoms with Crippen LogP contribution in [0, 0.1) is 17.1 Å². The second kappa shape index (κ2) is 5.14.